The second kappa shape index (κ2) is 9.36. The number of amides is 1. The standard InChI is InChI=1S/C19H18F3N5O4S/c1-31-16-4-2-3-15(9-16)27-11-14(25-26-27)10-24-32(29,30)17-7-5-13(6-8-17)18(28)23-12-19(20,21)22/h2-9,11,24H,10,12H2,1H3,(H,23,28). The second-order valence-electron chi connectivity index (χ2n) is 6.50. The van der Waals surface area contributed by atoms with Crippen LogP contribution in [0, 0.1) is 0 Å². The molecule has 170 valence electrons. The molecule has 0 saturated carbocycles. The fourth-order valence-corrected chi connectivity index (χ4v) is 3.58. The van der Waals surface area contributed by atoms with Gasteiger partial charge in [-0.2, -0.15) is 13.2 Å². The van der Waals surface area contributed by atoms with Crippen molar-refractivity contribution >= 4 is 15.9 Å². The summed E-state index contributed by atoms with van der Waals surface area (Å²) in [6, 6.07) is 11.5. The van der Waals surface area contributed by atoms with Crippen LogP contribution in [0.1, 0.15) is 16.1 Å². The van der Waals surface area contributed by atoms with E-state index in [4.69, 9.17) is 4.74 Å². The molecule has 0 saturated heterocycles. The molecule has 13 heteroatoms. The zero-order chi connectivity index (χ0) is 23.4. The van der Waals surface area contributed by atoms with Crippen molar-refractivity contribution in [3.63, 3.8) is 0 Å². The molecular weight excluding hydrogens is 451 g/mol. The predicted molar refractivity (Wildman–Crippen MR) is 107 cm³/mol. The van der Waals surface area contributed by atoms with Crippen LogP contribution < -0.4 is 14.8 Å². The first kappa shape index (κ1) is 23.2. The summed E-state index contributed by atoms with van der Waals surface area (Å²) in [4.78, 5) is 11.6. The van der Waals surface area contributed by atoms with Crippen LogP contribution in [-0.2, 0) is 16.6 Å². The summed E-state index contributed by atoms with van der Waals surface area (Å²) in [5.74, 6) is -0.343. The predicted octanol–water partition coefficient (Wildman–Crippen LogP) is 2.05. The Morgan fingerprint density at radius 3 is 2.53 bits per heavy atom. The molecule has 0 atom stereocenters. The van der Waals surface area contributed by atoms with E-state index in [1.165, 1.54) is 11.8 Å². The largest absolute Gasteiger partial charge is 0.497 e. The van der Waals surface area contributed by atoms with E-state index in [0.717, 1.165) is 24.3 Å². The smallest absolute Gasteiger partial charge is 0.405 e. The fourth-order valence-electron chi connectivity index (χ4n) is 2.58. The maximum atomic E-state index is 12.5. The normalized spacial score (nSPS) is 11.9. The van der Waals surface area contributed by atoms with E-state index in [-0.39, 0.29) is 17.0 Å². The van der Waals surface area contributed by atoms with Crippen LogP contribution in [0.5, 0.6) is 5.75 Å². The number of halogens is 3. The molecule has 1 amide bonds. The topological polar surface area (TPSA) is 115 Å². The van der Waals surface area contributed by atoms with Crippen LogP contribution in [0.2, 0.25) is 0 Å². The number of hydrogen-bond acceptors (Lipinski definition) is 6. The molecule has 2 aromatic carbocycles. The van der Waals surface area contributed by atoms with Gasteiger partial charge in [0.25, 0.3) is 5.91 Å². The highest BCUT2D eigenvalue weighted by Gasteiger charge is 2.28. The summed E-state index contributed by atoms with van der Waals surface area (Å²) in [6.07, 6.45) is -3.00. The Morgan fingerprint density at radius 1 is 1.16 bits per heavy atom. The van der Waals surface area contributed by atoms with Crippen LogP contribution >= 0.6 is 0 Å². The number of alkyl halides is 3. The van der Waals surface area contributed by atoms with Crippen molar-refractivity contribution in [1.29, 1.82) is 0 Å². The molecule has 0 aliphatic heterocycles. The van der Waals surface area contributed by atoms with Crippen molar-refractivity contribution in [2.24, 2.45) is 0 Å². The molecule has 9 nitrogen and oxygen atoms in total. The number of nitrogens with one attached hydrogen (secondary N) is 2. The third-order valence-electron chi connectivity index (χ3n) is 4.18. The number of carbonyl (C=O) groups is 1. The molecular formula is C19H18F3N5O4S. The zero-order valence-electron chi connectivity index (χ0n) is 16.6. The number of nitrogens with zero attached hydrogens (tertiary/aromatic N) is 3. The molecule has 3 rings (SSSR count). The van der Waals surface area contributed by atoms with E-state index in [0.29, 0.717) is 17.1 Å². The van der Waals surface area contributed by atoms with Crippen LogP contribution in [0.4, 0.5) is 13.2 Å². The van der Waals surface area contributed by atoms with Crippen molar-refractivity contribution in [3.05, 3.63) is 66.0 Å². The van der Waals surface area contributed by atoms with Gasteiger partial charge in [0.2, 0.25) is 10.0 Å². The van der Waals surface area contributed by atoms with Crippen LogP contribution in [0.25, 0.3) is 5.69 Å². The van der Waals surface area contributed by atoms with Gasteiger partial charge in [-0.25, -0.2) is 17.8 Å². The molecule has 0 aliphatic carbocycles. The van der Waals surface area contributed by atoms with Crippen LogP contribution in [-0.4, -0.2) is 49.1 Å². The molecule has 0 radical (unpaired) electrons. The summed E-state index contributed by atoms with van der Waals surface area (Å²) in [5.41, 5.74) is 0.916. The van der Waals surface area contributed by atoms with Gasteiger partial charge in [-0.1, -0.05) is 11.3 Å². The van der Waals surface area contributed by atoms with E-state index in [1.807, 2.05) is 0 Å². The van der Waals surface area contributed by atoms with Crippen molar-refractivity contribution in [2.45, 2.75) is 17.6 Å². The minimum absolute atomic E-state index is 0.102. The molecule has 1 heterocycles. The Balaban J connectivity index is 1.63. The Morgan fingerprint density at radius 2 is 1.88 bits per heavy atom. The monoisotopic (exact) mass is 469 g/mol. The highest BCUT2D eigenvalue weighted by Crippen LogP contribution is 2.16. The first-order valence-electron chi connectivity index (χ1n) is 9.08. The van der Waals surface area contributed by atoms with E-state index < -0.39 is 28.7 Å². The van der Waals surface area contributed by atoms with Crippen LogP contribution in [0.3, 0.4) is 0 Å². The Bertz CT molecular complexity index is 1190. The lowest BCUT2D eigenvalue weighted by molar-refractivity contribution is -0.123. The van der Waals surface area contributed by atoms with Crippen molar-refractivity contribution in [2.75, 3.05) is 13.7 Å². The average molecular weight is 469 g/mol. The van der Waals surface area contributed by atoms with Gasteiger partial charge in [-0.15, -0.1) is 5.10 Å². The first-order chi connectivity index (χ1) is 15.1. The van der Waals surface area contributed by atoms with Gasteiger partial charge < -0.3 is 10.1 Å². The third kappa shape index (κ3) is 6.04. The van der Waals surface area contributed by atoms with Gasteiger partial charge in [0.05, 0.1) is 36.1 Å². The van der Waals surface area contributed by atoms with Gasteiger partial charge in [-0.3, -0.25) is 4.79 Å². The number of hydrogen-bond donors (Lipinski definition) is 2. The summed E-state index contributed by atoms with van der Waals surface area (Å²) in [5, 5.41) is 9.59. The first-order valence-corrected chi connectivity index (χ1v) is 10.6. The number of sulfonamides is 1. The Hall–Kier alpha value is -3.45. The molecule has 3 aromatic rings. The van der Waals surface area contributed by atoms with E-state index in [9.17, 15) is 26.4 Å². The molecule has 2 N–H and O–H groups in total. The minimum atomic E-state index is -4.54. The van der Waals surface area contributed by atoms with Crippen LogP contribution in [0.15, 0.2) is 59.6 Å². The third-order valence-corrected chi connectivity index (χ3v) is 5.60. The lowest BCUT2D eigenvalue weighted by Crippen LogP contribution is -2.33. The van der Waals surface area contributed by atoms with Gasteiger partial charge in [0, 0.05) is 11.6 Å². The molecule has 32 heavy (non-hydrogen) atoms. The minimum Gasteiger partial charge on any atom is -0.497 e. The zero-order valence-corrected chi connectivity index (χ0v) is 17.4. The summed E-state index contributed by atoms with van der Waals surface area (Å²) < 4.78 is 70.5. The SMILES string of the molecule is COc1cccc(-n2cc(CNS(=O)(=O)c3ccc(C(=O)NCC(F)(F)F)cc3)nn2)c1. The van der Waals surface area contributed by atoms with Crippen molar-refractivity contribution < 1.29 is 31.1 Å². The summed E-state index contributed by atoms with van der Waals surface area (Å²) >= 11 is 0. The molecule has 0 fully saturated rings. The van der Waals surface area contributed by atoms with E-state index in [2.05, 4.69) is 15.0 Å². The van der Waals surface area contributed by atoms with E-state index >= 15 is 0 Å². The quantitative estimate of drug-likeness (QED) is 0.522. The van der Waals surface area contributed by atoms with Gasteiger partial charge in [0.15, 0.2) is 0 Å². The molecule has 0 spiro atoms. The van der Waals surface area contributed by atoms with Crippen molar-refractivity contribution in [3.8, 4) is 11.4 Å². The molecule has 0 aliphatic rings. The average Bonchev–Trinajstić information content (AvgIpc) is 3.25. The van der Waals surface area contributed by atoms with Crippen molar-refractivity contribution in [1.82, 2.24) is 25.0 Å². The number of aromatic nitrogens is 3. The fraction of sp³-hybridized carbons (Fsp3) is 0.211. The van der Waals surface area contributed by atoms with Gasteiger partial charge >= 0.3 is 6.18 Å². The molecule has 0 bridgehead atoms. The van der Waals surface area contributed by atoms with E-state index in [1.54, 1.807) is 35.8 Å². The number of carbonyl (C=O) groups excluding carboxylic acids is 1. The number of benzene rings is 2. The lowest BCUT2D eigenvalue weighted by Gasteiger charge is -2.09. The molecule has 0 unspecified atom stereocenters. The summed E-state index contributed by atoms with van der Waals surface area (Å²) in [7, 11) is -2.43. The summed E-state index contributed by atoms with van der Waals surface area (Å²) in [6.45, 7) is -1.63. The number of methoxy groups -OCH3 is 1. The second-order valence-corrected chi connectivity index (χ2v) is 8.27. The number of rotatable bonds is 8. The maximum absolute atomic E-state index is 12.5. The Kier molecular flexibility index (Phi) is 6.79. The van der Waals surface area contributed by atoms with Gasteiger partial charge in [0.1, 0.15) is 12.3 Å². The Labute approximate surface area is 181 Å². The maximum Gasteiger partial charge on any atom is 0.405 e. The lowest BCUT2D eigenvalue weighted by atomic mass is 10.2. The molecule has 1 aromatic heterocycles. The van der Waals surface area contributed by atoms with Gasteiger partial charge in [-0.05, 0) is 36.4 Å². The highest BCUT2D eigenvalue weighted by molar-refractivity contribution is 7.89. The number of ether oxygens (including phenoxy) is 1. The highest BCUT2D eigenvalue weighted by atomic mass is 32.2.